The Morgan fingerprint density at radius 2 is 1.86 bits per heavy atom. The van der Waals surface area contributed by atoms with Gasteiger partial charge in [0, 0.05) is 18.7 Å². The number of nitrogens with one attached hydrogen (secondary N) is 2. The van der Waals surface area contributed by atoms with Crippen LogP contribution in [0.3, 0.4) is 0 Å². The number of aliphatic imine (C=N–C) groups is 1. The van der Waals surface area contributed by atoms with Gasteiger partial charge in [0.1, 0.15) is 11.5 Å². The largest absolute Gasteiger partial charge is 0.496 e. The topological polar surface area (TPSA) is 54.9 Å². The zero-order valence-electron chi connectivity index (χ0n) is 15.8. The predicted octanol–water partition coefficient (Wildman–Crippen LogP) is 3.89. The lowest BCUT2D eigenvalue weighted by molar-refractivity contribution is -0.153. The maximum absolute atomic E-state index is 12.3. The zero-order valence-corrected chi connectivity index (χ0v) is 15.8. The van der Waals surface area contributed by atoms with Crippen molar-refractivity contribution >= 4 is 5.96 Å². The maximum Gasteiger partial charge on any atom is 0.422 e. The third-order valence-corrected chi connectivity index (χ3v) is 3.70. The second-order valence-corrected chi connectivity index (χ2v) is 5.91. The molecule has 2 aromatic carbocycles. The van der Waals surface area contributed by atoms with Crippen molar-refractivity contribution in [2.45, 2.75) is 26.2 Å². The van der Waals surface area contributed by atoms with E-state index in [1.807, 2.05) is 31.2 Å². The third kappa shape index (κ3) is 7.38. The molecule has 0 unspecified atom stereocenters. The Labute approximate surface area is 162 Å². The van der Waals surface area contributed by atoms with Crippen LogP contribution in [0, 0.1) is 0 Å². The lowest BCUT2D eigenvalue weighted by atomic mass is 10.2. The van der Waals surface area contributed by atoms with Gasteiger partial charge in [-0.3, -0.25) is 0 Å². The van der Waals surface area contributed by atoms with Crippen LogP contribution in [0.2, 0.25) is 0 Å². The summed E-state index contributed by atoms with van der Waals surface area (Å²) in [7, 11) is 1.62. The molecule has 0 aliphatic heterocycles. The van der Waals surface area contributed by atoms with Crippen molar-refractivity contribution in [1.29, 1.82) is 0 Å². The molecule has 0 spiro atoms. The molecule has 2 aromatic rings. The number of methoxy groups -OCH3 is 1. The summed E-state index contributed by atoms with van der Waals surface area (Å²) in [6, 6.07) is 14.1. The number of para-hydroxylation sites is 1. The fourth-order valence-electron chi connectivity index (χ4n) is 2.44. The van der Waals surface area contributed by atoms with Crippen LogP contribution in [0.1, 0.15) is 18.1 Å². The van der Waals surface area contributed by atoms with E-state index in [9.17, 15) is 13.2 Å². The molecule has 0 amide bonds. The average molecular weight is 395 g/mol. The molecule has 2 rings (SSSR count). The van der Waals surface area contributed by atoms with Crippen molar-refractivity contribution in [3.63, 3.8) is 0 Å². The Hall–Kier alpha value is -2.90. The first-order valence-electron chi connectivity index (χ1n) is 8.84. The molecular weight excluding hydrogens is 371 g/mol. The molecule has 28 heavy (non-hydrogen) atoms. The number of nitrogens with zero attached hydrogens (tertiary/aromatic N) is 1. The van der Waals surface area contributed by atoms with E-state index in [4.69, 9.17) is 9.47 Å². The molecular formula is C20H24F3N3O2. The van der Waals surface area contributed by atoms with Gasteiger partial charge in [0.05, 0.1) is 13.7 Å². The van der Waals surface area contributed by atoms with Gasteiger partial charge in [0.15, 0.2) is 12.6 Å². The first-order valence-corrected chi connectivity index (χ1v) is 8.84. The summed E-state index contributed by atoms with van der Waals surface area (Å²) in [6.07, 6.45) is -4.37. The van der Waals surface area contributed by atoms with E-state index in [0.717, 1.165) is 16.9 Å². The fourth-order valence-corrected chi connectivity index (χ4v) is 2.44. The average Bonchev–Trinajstić information content (AvgIpc) is 2.68. The predicted molar refractivity (Wildman–Crippen MR) is 103 cm³/mol. The summed E-state index contributed by atoms with van der Waals surface area (Å²) in [5.74, 6) is 1.53. The number of ether oxygens (including phenoxy) is 2. The number of rotatable bonds is 8. The standard InChI is InChI=1S/C20H24F3N3O2/c1-3-24-19(26-13-16-8-4-5-10-18(16)27-2)25-12-15-7-6-9-17(11-15)28-14-20(21,22)23/h4-11H,3,12-14H2,1-2H3,(H2,24,25,26). The van der Waals surface area contributed by atoms with Crippen molar-refractivity contribution in [3.8, 4) is 11.5 Å². The Balaban J connectivity index is 2.00. The summed E-state index contributed by atoms with van der Waals surface area (Å²) in [5, 5.41) is 6.36. The van der Waals surface area contributed by atoms with E-state index >= 15 is 0 Å². The molecule has 0 heterocycles. The van der Waals surface area contributed by atoms with Crippen LogP contribution in [-0.2, 0) is 13.1 Å². The molecule has 5 nitrogen and oxygen atoms in total. The Bertz CT molecular complexity index is 779. The van der Waals surface area contributed by atoms with E-state index < -0.39 is 12.8 Å². The van der Waals surface area contributed by atoms with Crippen LogP contribution in [-0.4, -0.2) is 32.4 Å². The summed E-state index contributed by atoms with van der Waals surface area (Å²) in [6.45, 7) is 2.12. The normalized spacial score (nSPS) is 11.8. The number of guanidine groups is 1. The van der Waals surface area contributed by atoms with Crippen molar-refractivity contribution in [1.82, 2.24) is 10.6 Å². The molecule has 0 aliphatic carbocycles. The van der Waals surface area contributed by atoms with E-state index in [2.05, 4.69) is 15.6 Å². The van der Waals surface area contributed by atoms with Crippen LogP contribution in [0.25, 0.3) is 0 Å². The minimum Gasteiger partial charge on any atom is -0.496 e. The quantitative estimate of drug-likeness (QED) is 0.526. The second-order valence-electron chi connectivity index (χ2n) is 5.91. The summed E-state index contributed by atoms with van der Waals surface area (Å²) in [4.78, 5) is 4.48. The molecule has 0 saturated heterocycles. The fraction of sp³-hybridized carbons (Fsp3) is 0.350. The van der Waals surface area contributed by atoms with Crippen LogP contribution in [0.4, 0.5) is 13.2 Å². The van der Waals surface area contributed by atoms with Crippen molar-refractivity contribution in [2.24, 2.45) is 4.99 Å². The van der Waals surface area contributed by atoms with Gasteiger partial charge in [-0.2, -0.15) is 13.2 Å². The first kappa shape index (κ1) is 21.4. The lowest BCUT2D eigenvalue weighted by Gasteiger charge is -2.13. The lowest BCUT2D eigenvalue weighted by Crippen LogP contribution is -2.36. The van der Waals surface area contributed by atoms with E-state index in [-0.39, 0.29) is 5.75 Å². The van der Waals surface area contributed by atoms with Gasteiger partial charge < -0.3 is 20.1 Å². The first-order chi connectivity index (χ1) is 13.4. The van der Waals surface area contributed by atoms with Gasteiger partial charge in [-0.1, -0.05) is 30.3 Å². The maximum atomic E-state index is 12.3. The molecule has 0 aromatic heterocycles. The molecule has 0 saturated carbocycles. The highest BCUT2D eigenvalue weighted by molar-refractivity contribution is 5.79. The third-order valence-electron chi connectivity index (χ3n) is 3.70. The van der Waals surface area contributed by atoms with E-state index in [1.54, 1.807) is 25.3 Å². The van der Waals surface area contributed by atoms with Crippen molar-refractivity contribution in [3.05, 3.63) is 59.7 Å². The summed E-state index contributed by atoms with van der Waals surface area (Å²) >= 11 is 0. The van der Waals surface area contributed by atoms with Crippen LogP contribution in [0.5, 0.6) is 11.5 Å². The molecule has 0 fully saturated rings. The minimum absolute atomic E-state index is 0.164. The smallest absolute Gasteiger partial charge is 0.422 e. The monoisotopic (exact) mass is 395 g/mol. The number of alkyl halides is 3. The second kappa shape index (κ2) is 10.4. The van der Waals surface area contributed by atoms with Gasteiger partial charge in [0.25, 0.3) is 0 Å². The Kier molecular flexibility index (Phi) is 7.98. The molecule has 0 radical (unpaired) electrons. The summed E-state index contributed by atoms with van der Waals surface area (Å²) in [5.41, 5.74) is 1.73. The number of benzene rings is 2. The van der Waals surface area contributed by atoms with Crippen molar-refractivity contribution in [2.75, 3.05) is 20.3 Å². The van der Waals surface area contributed by atoms with Crippen LogP contribution < -0.4 is 20.1 Å². The van der Waals surface area contributed by atoms with Gasteiger partial charge in [-0.15, -0.1) is 0 Å². The van der Waals surface area contributed by atoms with Gasteiger partial charge in [-0.05, 0) is 30.7 Å². The van der Waals surface area contributed by atoms with Gasteiger partial charge in [-0.25, -0.2) is 4.99 Å². The van der Waals surface area contributed by atoms with Crippen LogP contribution >= 0.6 is 0 Å². The molecule has 0 atom stereocenters. The van der Waals surface area contributed by atoms with E-state index in [1.165, 1.54) is 6.07 Å². The molecule has 0 bridgehead atoms. The number of halogens is 3. The molecule has 8 heteroatoms. The Morgan fingerprint density at radius 3 is 2.57 bits per heavy atom. The highest BCUT2D eigenvalue weighted by atomic mass is 19.4. The van der Waals surface area contributed by atoms with Crippen LogP contribution in [0.15, 0.2) is 53.5 Å². The number of hydrogen-bond acceptors (Lipinski definition) is 3. The molecule has 2 N–H and O–H groups in total. The van der Waals surface area contributed by atoms with Gasteiger partial charge >= 0.3 is 6.18 Å². The molecule has 152 valence electrons. The SMILES string of the molecule is CCNC(=NCc1cccc(OCC(F)(F)F)c1)NCc1ccccc1OC. The minimum atomic E-state index is -4.37. The highest BCUT2D eigenvalue weighted by Gasteiger charge is 2.28. The number of hydrogen-bond donors (Lipinski definition) is 2. The summed E-state index contributed by atoms with van der Waals surface area (Å²) < 4.78 is 47.0. The zero-order chi connectivity index (χ0) is 20.4. The van der Waals surface area contributed by atoms with Crippen molar-refractivity contribution < 1.29 is 22.6 Å². The Morgan fingerprint density at radius 1 is 1.07 bits per heavy atom. The molecule has 0 aliphatic rings. The van der Waals surface area contributed by atoms with E-state index in [0.29, 0.717) is 25.6 Å². The van der Waals surface area contributed by atoms with Gasteiger partial charge in [0.2, 0.25) is 0 Å². The highest BCUT2D eigenvalue weighted by Crippen LogP contribution is 2.20.